The quantitative estimate of drug-likeness (QED) is 0.562. The maximum Gasteiger partial charge on any atom is 0.212 e. The maximum absolute atomic E-state index is 12.3. The van der Waals surface area contributed by atoms with Gasteiger partial charge in [-0.3, -0.25) is 0 Å². The van der Waals surface area contributed by atoms with Crippen LogP contribution in [0.4, 0.5) is 13.2 Å². The van der Waals surface area contributed by atoms with Gasteiger partial charge >= 0.3 is 0 Å². The van der Waals surface area contributed by atoms with Crippen LogP contribution in [0.2, 0.25) is 0 Å². The van der Waals surface area contributed by atoms with Crippen LogP contribution in [0.3, 0.4) is 0 Å². The summed E-state index contributed by atoms with van der Waals surface area (Å²) >= 11 is 0. The fourth-order valence-corrected chi connectivity index (χ4v) is 0.626. The van der Waals surface area contributed by atoms with Crippen LogP contribution in [-0.2, 0) is 0 Å². The third-order valence-electron chi connectivity index (χ3n) is 1.25. The molecule has 0 atom stereocenters. The van der Waals surface area contributed by atoms with Crippen molar-refractivity contribution in [3.63, 3.8) is 0 Å². The first-order valence-corrected chi connectivity index (χ1v) is 2.74. The van der Waals surface area contributed by atoms with E-state index in [4.69, 9.17) is 15.3 Å². The first-order chi connectivity index (χ1) is 5.46. The topological polar surface area (TPSA) is 60.7 Å². The first kappa shape index (κ1) is 8.51. The van der Waals surface area contributed by atoms with Crippen LogP contribution < -0.4 is 0 Å². The first-order valence-electron chi connectivity index (χ1n) is 2.74. The second kappa shape index (κ2) is 2.47. The third kappa shape index (κ3) is 0.919. The number of rotatable bonds is 0. The summed E-state index contributed by atoms with van der Waals surface area (Å²) in [5.41, 5.74) is 0. The number of hydrogen-bond donors (Lipinski definition) is 3. The van der Waals surface area contributed by atoms with E-state index >= 15 is 0 Å². The van der Waals surface area contributed by atoms with Crippen molar-refractivity contribution in [1.29, 1.82) is 0 Å². The zero-order valence-corrected chi connectivity index (χ0v) is 5.48. The summed E-state index contributed by atoms with van der Waals surface area (Å²) in [5.74, 6) is -10.4. The van der Waals surface area contributed by atoms with Crippen molar-refractivity contribution in [1.82, 2.24) is 0 Å². The van der Waals surface area contributed by atoms with Crippen molar-refractivity contribution in [2.45, 2.75) is 0 Å². The van der Waals surface area contributed by atoms with E-state index in [1.807, 2.05) is 0 Å². The van der Waals surface area contributed by atoms with Gasteiger partial charge in [0, 0.05) is 0 Å². The van der Waals surface area contributed by atoms with Crippen molar-refractivity contribution < 1.29 is 28.5 Å². The molecule has 3 nitrogen and oxygen atoms in total. The van der Waals surface area contributed by atoms with Gasteiger partial charge in [-0.25, -0.2) is 0 Å². The van der Waals surface area contributed by atoms with Crippen LogP contribution in [0.5, 0.6) is 17.2 Å². The molecule has 0 saturated heterocycles. The highest BCUT2D eigenvalue weighted by molar-refractivity contribution is 5.44. The van der Waals surface area contributed by atoms with Gasteiger partial charge in [0.2, 0.25) is 17.5 Å². The Morgan fingerprint density at radius 3 is 0.917 bits per heavy atom. The van der Waals surface area contributed by atoms with Crippen LogP contribution in [-0.4, -0.2) is 15.3 Å². The van der Waals surface area contributed by atoms with Gasteiger partial charge in [-0.05, 0) is 0 Å². The predicted octanol–water partition coefficient (Wildman–Crippen LogP) is 1.22. The maximum atomic E-state index is 12.3. The van der Waals surface area contributed by atoms with Crippen molar-refractivity contribution in [2.24, 2.45) is 0 Å². The molecule has 0 aliphatic heterocycles. The molecular formula is C6H3F3O3. The summed E-state index contributed by atoms with van der Waals surface area (Å²) in [7, 11) is 0. The van der Waals surface area contributed by atoms with Gasteiger partial charge in [0.05, 0.1) is 0 Å². The Bertz CT molecular complexity index is 232. The van der Waals surface area contributed by atoms with Gasteiger partial charge < -0.3 is 15.3 Å². The normalized spacial score (nSPS) is 10.2. The van der Waals surface area contributed by atoms with Crippen molar-refractivity contribution in [2.75, 3.05) is 0 Å². The molecule has 0 heterocycles. The van der Waals surface area contributed by atoms with Crippen molar-refractivity contribution in [3.05, 3.63) is 17.5 Å². The number of aromatic hydroxyl groups is 3. The van der Waals surface area contributed by atoms with Gasteiger partial charge in [-0.2, -0.15) is 13.2 Å². The lowest BCUT2D eigenvalue weighted by atomic mass is 10.2. The molecule has 0 unspecified atom stereocenters. The van der Waals surface area contributed by atoms with E-state index in [1.165, 1.54) is 0 Å². The SMILES string of the molecule is Oc1c(F)c(O)c(F)c(O)c1F. The third-order valence-corrected chi connectivity index (χ3v) is 1.25. The number of hydrogen-bond acceptors (Lipinski definition) is 3. The van der Waals surface area contributed by atoms with E-state index in [1.54, 1.807) is 0 Å². The summed E-state index contributed by atoms with van der Waals surface area (Å²) in [6, 6.07) is 0. The lowest BCUT2D eigenvalue weighted by molar-refractivity contribution is 0.314. The standard InChI is InChI=1S/C6H3F3O3/c7-1-4(10)2(8)6(12)3(9)5(1)11/h10-12H. The molecule has 3 N–H and O–H groups in total. The van der Waals surface area contributed by atoms with Gasteiger partial charge in [0.25, 0.3) is 0 Å². The molecule has 0 saturated carbocycles. The molecule has 0 bridgehead atoms. The van der Waals surface area contributed by atoms with Gasteiger partial charge in [-0.1, -0.05) is 0 Å². The fourth-order valence-electron chi connectivity index (χ4n) is 0.626. The minimum atomic E-state index is -1.84. The molecule has 0 amide bonds. The van der Waals surface area contributed by atoms with Gasteiger partial charge in [0.15, 0.2) is 17.2 Å². The van der Waals surface area contributed by atoms with Crippen LogP contribution in [0.1, 0.15) is 0 Å². The smallest absolute Gasteiger partial charge is 0.212 e. The summed E-state index contributed by atoms with van der Waals surface area (Å²) in [6.07, 6.45) is 0. The second-order valence-corrected chi connectivity index (χ2v) is 1.99. The molecule has 1 aromatic carbocycles. The van der Waals surface area contributed by atoms with E-state index in [2.05, 4.69) is 0 Å². The highest BCUT2D eigenvalue weighted by atomic mass is 19.1. The molecule has 66 valence electrons. The van der Waals surface area contributed by atoms with Crippen molar-refractivity contribution >= 4 is 0 Å². The van der Waals surface area contributed by atoms with Crippen LogP contribution in [0.15, 0.2) is 0 Å². The average molecular weight is 180 g/mol. The highest BCUT2D eigenvalue weighted by Crippen LogP contribution is 2.37. The number of phenolic OH excluding ortho intramolecular Hbond substituents is 3. The molecule has 12 heavy (non-hydrogen) atoms. The fraction of sp³-hybridized carbons (Fsp3) is 0. The van der Waals surface area contributed by atoms with E-state index < -0.39 is 34.7 Å². The minimum absolute atomic E-state index is 1.62. The molecule has 0 fully saturated rings. The second-order valence-electron chi connectivity index (χ2n) is 1.99. The lowest BCUT2D eigenvalue weighted by Gasteiger charge is -2.03. The Hall–Kier alpha value is -1.59. The van der Waals surface area contributed by atoms with E-state index in [9.17, 15) is 13.2 Å². The van der Waals surface area contributed by atoms with Crippen molar-refractivity contribution in [3.8, 4) is 17.2 Å². The molecule has 0 aliphatic carbocycles. The zero-order chi connectivity index (χ0) is 9.46. The minimum Gasteiger partial charge on any atom is -0.503 e. The summed E-state index contributed by atoms with van der Waals surface area (Å²) in [5, 5.41) is 25.4. The van der Waals surface area contributed by atoms with Gasteiger partial charge in [-0.15, -0.1) is 0 Å². The van der Waals surface area contributed by atoms with Gasteiger partial charge in [0.1, 0.15) is 0 Å². The number of phenols is 3. The van der Waals surface area contributed by atoms with E-state index in [-0.39, 0.29) is 0 Å². The van der Waals surface area contributed by atoms with Crippen LogP contribution in [0, 0.1) is 17.5 Å². The molecule has 1 aromatic rings. The van der Waals surface area contributed by atoms with E-state index in [0.29, 0.717) is 0 Å². The molecule has 1 rings (SSSR count). The Morgan fingerprint density at radius 1 is 0.583 bits per heavy atom. The summed E-state index contributed by atoms with van der Waals surface area (Å²) < 4.78 is 37.0. The molecular weight excluding hydrogens is 177 g/mol. The predicted molar refractivity (Wildman–Crippen MR) is 31.3 cm³/mol. The monoisotopic (exact) mass is 180 g/mol. The summed E-state index contributed by atoms with van der Waals surface area (Å²) in [4.78, 5) is 0. The molecule has 0 aromatic heterocycles. The lowest BCUT2D eigenvalue weighted by Crippen LogP contribution is -1.90. The van der Waals surface area contributed by atoms with E-state index in [0.717, 1.165) is 0 Å². The number of benzene rings is 1. The van der Waals surface area contributed by atoms with Crippen LogP contribution in [0.25, 0.3) is 0 Å². The molecule has 0 radical (unpaired) electrons. The number of halogens is 3. The Balaban J connectivity index is 3.60. The molecule has 0 aliphatic rings. The largest absolute Gasteiger partial charge is 0.503 e. The van der Waals surface area contributed by atoms with Crippen LogP contribution >= 0.6 is 0 Å². The highest BCUT2D eigenvalue weighted by Gasteiger charge is 2.23. The average Bonchev–Trinajstić information content (AvgIpc) is 2.08. The summed E-state index contributed by atoms with van der Waals surface area (Å²) in [6.45, 7) is 0. The zero-order valence-electron chi connectivity index (χ0n) is 5.48. The Morgan fingerprint density at radius 2 is 0.750 bits per heavy atom. The molecule has 0 spiro atoms. The molecule has 6 heteroatoms. The Labute approximate surface area is 64.3 Å². The Kier molecular flexibility index (Phi) is 1.75.